The standard InChI is InChI=1S/C26H32N4O2/c1-19-17-20(2)28-25(27-19)29-14-11-26(12-15-29)10-6-13-30(24(26)31)18-21-7-3-4-8-22(21)23-9-5-16-32-23/h3-5,7-8,16-17,23H,6,9-15,18H2,1-2H3. The number of anilines is 1. The number of aromatic nitrogens is 2. The van der Waals surface area contributed by atoms with Gasteiger partial charge < -0.3 is 14.5 Å². The smallest absolute Gasteiger partial charge is 0.229 e. The third-order valence-electron chi connectivity index (χ3n) is 7.25. The Bertz CT molecular complexity index is 998. The van der Waals surface area contributed by atoms with Gasteiger partial charge in [0.1, 0.15) is 6.10 Å². The molecule has 6 heteroatoms. The van der Waals surface area contributed by atoms with Crippen molar-refractivity contribution in [2.45, 2.75) is 58.6 Å². The van der Waals surface area contributed by atoms with E-state index < -0.39 is 0 Å². The SMILES string of the molecule is Cc1cc(C)nc(N2CCC3(CCCN(Cc4ccccc4C4CC=CO4)C3=O)CC2)n1. The van der Waals surface area contributed by atoms with Gasteiger partial charge in [0.05, 0.1) is 11.7 Å². The minimum Gasteiger partial charge on any atom is -0.493 e. The van der Waals surface area contributed by atoms with E-state index in [2.05, 4.69) is 50.1 Å². The molecule has 168 valence electrons. The maximum absolute atomic E-state index is 13.7. The Morgan fingerprint density at radius 2 is 1.81 bits per heavy atom. The lowest BCUT2D eigenvalue weighted by molar-refractivity contribution is -0.148. The van der Waals surface area contributed by atoms with Crippen molar-refractivity contribution in [2.24, 2.45) is 5.41 Å². The molecule has 2 aromatic rings. The number of ether oxygens (including phenoxy) is 1. The van der Waals surface area contributed by atoms with Gasteiger partial charge in [-0.3, -0.25) is 4.79 Å². The zero-order chi connectivity index (χ0) is 22.1. The number of benzene rings is 1. The number of rotatable bonds is 4. The van der Waals surface area contributed by atoms with Gasteiger partial charge >= 0.3 is 0 Å². The molecule has 0 bridgehead atoms. The van der Waals surface area contributed by atoms with Gasteiger partial charge in [0, 0.05) is 44.0 Å². The minimum absolute atomic E-state index is 0.0704. The quantitative estimate of drug-likeness (QED) is 0.713. The van der Waals surface area contributed by atoms with E-state index in [9.17, 15) is 4.79 Å². The fourth-order valence-corrected chi connectivity index (χ4v) is 5.53. The van der Waals surface area contributed by atoms with Gasteiger partial charge in [-0.15, -0.1) is 0 Å². The van der Waals surface area contributed by atoms with Gasteiger partial charge in [0.15, 0.2) is 0 Å². The summed E-state index contributed by atoms with van der Waals surface area (Å²) in [6.45, 7) is 7.19. The van der Waals surface area contributed by atoms with Crippen LogP contribution in [0.3, 0.4) is 0 Å². The molecule has 3 aliphatic heterocycles. The van der Waals surface area contributed by atoms with Crippen LogP contribution >= 0.6 is 0 Å². The molecular weight excluding hydrogens is 400 g/mol. The third-order valence-corrected chi connectivity index (χ3v) is 7.25. The summed E-state index contributed by atoms with van der Waals surface area (Å²) >= 11 is 0. The zero-order valence-corrected chi connectivity index (χ0v) is 19.1. The van der Waals surface area contributed by atoms with Crippen LogP contribution in [0.1, 0.15) is 60.7 Å². The van der Waals surface area contributed by atoms with E-state index in [1.165, 1.54) is 11.1 Å². The molecule has 5 rings (SSSR count). The van der Waals surface area contributed by atoms with Gasteiger partial charge in [0.25, 0.3) is 0 Å². The molecule has 4 heterocycles. The fourth-order valence-electron chi connectivity index (χ4n) is 5.53. The van der Waals surface area contributed by atoms with Crippen LogP contribution in [0.25, 0.3) is 0 Å². The van der Waals surface area contributed by atoms with E-state index in [0.717, 1.165) is 69.1 Å². The molecule has 0 radical (unpaired) electrons. The first-order valence-corrected chi connectivity index (χ1v) is 11.8. The van der Waals surface area contributed by atoms with Crippen molar-refractivity contribution in [3.63, 3.8) is 0 Å². The van der Waals surface area contributed by atoms with Crippen LogP contribution < -0.4 is 4.90 Å². The summed E-state index contributed by atoms with van der Waals surface area (Å²) in [5, 5.41) is 0. The van der Waals surface area contributed by atoms with Gasteiger partial charge in [-0.05, 0) is 62.8 Å². The topological polar surface area (TPSA) is 58.6 Å². The van der Waals surface area contributed by atoms with Gasteiger partial charge in [-0.25, -0.2) is 9.97 Å². The number of amides is 1. The summed E-state index contributed by atoms with van der Waals surface area (Å²) in [5.74, 6) is 1.13. The molecular formula is C26H32N4O2. The average molecular weight is 433 g/mol. The van der Waals surface area contributed by atoms with Crippen molar-refractivity contribution >= 4 is 11.9 Å². The lowest BCUT2D eigenvalue weighted by atomic mass is 9.71. The monoisotopic (exact) mass is 432 g/mol. The number of nitrogens with zero attached hydrogens (tertiary/aromatic N) is 4. The molecule has 0 saturated carbocycles. The molecule has 2 saturated heterocycles. The van der Waals surface area contributed by atoms with Crippen LogP contribution in [0.15, 0.2) is 42.7 Å². The van der Waals surface area contributed by atoms with E-state index >= 15 is 0 Å². The third kappa shape index (κ3) is 3.98. The molecule has 0 aliphatic carbocycles. The molecule has 0 N–H and O–H groups in total. The molecule has 1 aromatic heterocycles. The molecule has 32 heavy (non-hydrogen) atoms. The predicted octanol–water partition coefficient (Wildman–Crippen LogP) is 4.48. The Morgan fingerprint density at radius 1 is 1.06 bits per heavy atom. The Labute approximate surface area is 190 Å². The van der Waals surface area contributed by atoms with Crippen LogP contribution in [0, 0.1) is 19.3 Å². The zero-order valence-electron chi connectivity index (χ0n) is 19.1. The molecule has 6 nitrogen and oxygen atoms in total. The second-order valence-corrected chi connectivity index (χ2v) is 9.48. The Hall–Kier alpha value is -2.89. The largest absolute Gasteiger partial charge is 0.493 e. The first-order chi connectivity index (χ1) is 15.5. The molecule has 2 fully saturated rings. The first kappa shape index (κ1) is 21.0. The second-order valence-electron chi connectivity index (χ2n) is 9.48. The van der Waals surface area contributed by atoms with Crippen LogP contribution in [-0.4, -0.2) is 40.4 Å². The minimum atomic E-state index is -0.242. The Balaban J connectivity index is 1.29. The fraction of sp³-hybridized carbons (Fsp3) is 0.500. The Morgan fingerprint density at radius 3 is 2.53 bits per heavy atom. The molecule has 1 unspecified atom stereocenters. The molecule has 3 aliphatic rings. The number of hydrogen-bond donors (Lipinski definition) is 0. The van der Waals surface area contributed by atoms with Crippen molar-refractivity contribution < 1.29 is 9.53 Å². The normalized spacial score (nSPS) is 22.4. The van der Waals surface area contributed by atoms with Gasteiger partial charge in [-0.2, -0.15) is 0 Å². The highest BCUT2D eigenvalue weighted by atomic mass is 16.5. The number of likely N-dealkylation sites (tertiary alicyclic amines) is 1. The Kier molecular flexibility index (Phi) is 5.62. The van der Waals surface area contributed by atoms with E-state index in [-0.39, 0.29) is 11.5 Å². The number of carbonyl (C=O) groups is 1. The molecule has 1 atom stereocenters. The number of aryl methyl sites for hydroxylation is 2. The summed E-state index contributed by atoms with van der Waals surface area (Å²) in [6.07, 6.45) is 8.61. The van der Waals surface area contributed by atoms with E-state index in [0.29, 0.717) is 12.5 Å². The van der Waals surface area contributed by atoms with Crippen molar-refractivity contribution in [3.8, 4) is 0 Å². The highest BCUT2D eigenvalue weighted by Gasteiger charge is 2.46. The maximum atomic E-state index is 13.7. The van der Waals surface area contributed by atoms with E-state index in [1.54, 1.807) is 6.26 Å². The molecule has 1 spiro atoms. The highest BCUT2D eigenvalue weighted by molar-refractivity contribution is 5.84. The van der Waals surface area contributed by atoms with Gasteiger partial charge in [0.2, 0.25) is 11.9 Å². The van der Waals surface area contributed by atoms with Gasteiger partial charge in [-0.1, -0.05) is 24.3 Å². The number of hydrogen-bond acceptors (Lipinski definition) is 5. The van der Waals surface area contributed by atoms with Crippen LogP contribution in [0.5, 0.6) is 0 Å². The van der Waals surface area contributed by atoms with Crippen LogP contribution in [-0.2, 0) is 16.1 Å². The summed E-state index contributed by atoms with van der Waals surface area (Å²) in [4.78, 5) is 27.3. The molecule has 1 amide bonds. The second kappa shape index (κ2) is 8.57. The van der Waals surface area contributed by atoms with Crippen molar-refractivity contribution in [1.82, 2.24) is 14.9 Å². The predicted molar refractivity (Wildman–Crippen MR) is 124 cm³/mol. The van der Waals surface area contributed by atoms with Crippen molar-refractivity contribution in [1.29, 1.82) is 0 Å². The summed E-state index contributed by atoms with van der Waals surface area (Å²) in [5.41, 5.74) is 4.15. The average Bonchev–Trinajstić information content (AvgIpc) is 3.32. The summed E-state index contributed by atoms with van der Waals surface area (Å²) in [6, 6.07) is 10.4. The van der Waals surface area contributed by atoms with Crippen LogP contribution in [0.4, 0.5) is 5.95 Å². The molecule has 1 aromatic carbocycles. The summed E-state index contributed by atoms with van der Waals surface area (Å²) in [7, 11) is 0. The first-order valence-electron chi connectivity index (χ1n) is 11.8. The van der Waals surface area contributed by atoms with E-state index in [4.69, 9.17) is 4.74 Å². The van der Waals surface area contributed by atoms with E-state index in [1.807, 2.05) is 19.9 Å². The summed E-state index contributed by atoms with van der Waals surface area (Å²) < 4.78 is 5.77. The lowest BCUT2D eigenvalue weighted by Crippen LogP contribution is -2.53. The van der Waals surface area contributed by atoms with Crippen LogP contribution in [0.2, 0.25) is 0 Å². The maximum Gasteiger partial charge on any atom is 0.229 e. The van der Waals surface area contributed by atoms with Crippen molar-refractivity contribution in [2.75, 3.05) is 24.5 Å². The van der Waals surface area contributed by atoms with Crippen molar-refractivity contribution in [3.05, 3.63) is 65.2 Å². The number of carbonyl (C=O) groups excluding carboxylic acids is 1. The number of piperidine rings is 2. The highest BCUT2D eigenvalue weighted by Crippen LogP contribution is 2.42. The lowest BCUT2D eigenvalue weighted by Gasteiger charge is -2.46.